The maximum absolute atomic E-state index is 13.2. The van der Waals surface area contributed by atoms with Crippen LogP contribution in [0.2, 0.25) is 0 Å². The first-order chi connectivity index (χ1) is 14.3. The Hall–Kier alpha value is -3.86. The second-order valence-electron chi connectivity index (χ2n) is 6.85. The van der Waals surface area contributed by atoms with E-state index >= 15 is 0 Å². The molecule has 0 aliphatic rings. The third-order valence-electron chi connectivity index (χ3n) is 4.93. The Morgan fingerprint density at radius 1 is 1.03 bits per heavy atom. The molecular formula is C22H16F3N5. The summed E-state index contributed by atoms with van der Waals surface area (Å²) in [5.41, 5.74) is 8.63. The number of aromatic nitrogens is 3. The van der Waals surface area contributed by atoms with Gasteiger partial charge in [-0.2, -0.15) is 23.5 Å². The molecule has 4 rings (SSSR count). The monoisotopic (exact) mass is 407 g/mol. The van der Waals surface area contributed by atoms with E-state index < -0.39 is 12.2 Å². The Labute approximate surface area is 170 Å². The van der Waals surface area contributed by atoms with Crippen LogP contribution in [0.25, 0.3) is 33.4 Å². The van der Waals surface area contributed by atoms with Crippen molar-refractivity contribution in [2.24, 2.45) is 0 Å². The number of hydrogen-bond donors (Lipinski definition) is 1. The molecule has 0 saturated carbocycles. The second-order valence-corrected chi connectivity index (χ2v) is 6.85. The Kier molecular flexibility index (Phi) is 4.66. The van der Waals surface area contributed by atoms with E-state index in [9.17, 15) is 18.4 Å². The molecule has 30 heavy (non-hydrogen) atoms. The van der Waals surface area contributed by atoms with Crippen molar-refractivity contribution in [1.82, 2.24) is 14.8 Å². The fourth-order valence-electron chi connectivity index (χ4n) is 3.23. The van der Waals surface area contributed by atoms with Gasteiger partial charge < -0.3 is 5.73 Å². The smallest absolute Gasteiger partial charge is 0.383 e. The SMILES string of the molecule is CC(n1nc(-c2ccc3ccc(-c4ccccc4)nc3c2)c(C#N)c1N)C(F)(F)F. The molecule has 2 heterocycles. The van der Waals surface area contributed by atoms with Crippen LogP contribution >= 0.6 is 0 Å². The summed E-state index contributed by atoms with van der Waals surface area (Å²) in [5.74, 6) is -0.316. The number of nitrogens with two attached hydrogens (primary N) is 1. The topological polar surface area (TPSA) is 80.5 Å². The lowest BCUT2D eigenvalue weighted by Crippen LogP contribution is -2.25. The third kappa shape index (κ3) is 3.35. The Morgan fingerprint density at radius 3 is 2.40 bits per heavy atom. The summed E-state index contributed by atoms with van der Waals surface area (Å²) in [6.07, 6.45) is -4.54. The minimum absolute atomic E-state index is 0.0929. The first-order valence-corrected chi connectivity index (χ1v) is 9.11. The summed E-state index contributed by atoms with van der Waals surface area (Å²) in [5, 5.41) is 14.4. The average Bonchev–Trinajstić information content (AvgIpc) is 3.08. The van der Waals surface area contributed by atoms with Crippen molar-refractivity contribution in [2.45, 2.75) is 19.1 Å². The van der Waals surface area contributed by atoms with Gasteiger partial charge in [0.25, 0.3) is 0 Å². The molecule has 0 fully saturated rings. The van der Waals surface area contributed by atoms with E-state index in [-0.39, 0.29) is 17.1 Å². The van der Waals surface area contributed by atoms with E-state index in [0.717, 1.165) is 23.6 Å². The van der Waals surface area contributed by atoms with E-state index in [1.54, 1.807) is 18.2 Å². The number of nitriles is 1. The molecular weight excluding hydrogens is 391 g/mol. The maximum Gasteiger partial charge on any atom is 0.410 e. The Balaban J connectivity index is 1.84. The van der Waals surface area contributed by atoms with Crippen LogP contribution in [0, 0.1) is 11.3 Å². The Bertz CT molecular complexity index is 1270. The van der Waals surface area contributed by atoms with Crippen LogP contribution in [0.3, 0.4) is 0 Å². The molecule has 0 saturated heterocycles. The van der Waals surface area contributed by atoms with Crippen LogP contribution < -0.4 is 5.73 Å². The quantitative estimate of drug-likeness (QED) is 0.497. The minimum atomic E-state index is -4.54. The van der Waals surface area contributed by atoms with E-state index in [4.69, 9.17) is 5.73 Å². The minimum Gasteiger partial charge on any atom is -0.383 e. The van der Waals surface area contributed by atoms with Gasteiger partial charge in [0.2, 0.25) is 0 Å². The summed E-state index contributed by atoms with van der Waals surface area (Å²) in [7, 11) is 0. The van der Waals surface area contributed by atoms with Crippen molar-refractivity contribution in [1.29, 1.82) is 5.26 Å². The lowest BCUT2D eigenvalue weighted by molar-refractivity contribution is -0.164. The van der Waals surface area contributed by atoms with Gasteiger partial charge in [-0.05, 0) is 19.1 Å². The zero-order chi connectivity index (χ0) is 21.5. The summed E-state index contributed by atoms with van der Waals surface area (Å²) < 4.78 is 40.1. The highest BCUT2D eigenvalue weighted by Crippen LogP contribution is 2.36. The molecule has 2 aromatic carbocycles. The van der Waals surface area contributed by atoms with Crippen LogP contribution in [0.1, 0.15) is 18.5 Å². The fraction of sp³-hybridized carbons (Fsp3) is 0.136. The predicted octanol–water partition coefficient (Wildman–Crippen LogP) is 5.34. The van der Waals surface area contributed by atoms with Gasteiger partial charge in [0.1, 0.15) is 29.2 Å². The number of fused-ring (bicyclic) bond motifs is 1. The average molecular weight is 407 g/mol. The largest absolute Gasteiger partial charge is 0.410 e. The maximum atomic E-state index is 13.2. The number of hydrogen-bond acceptors (Lipinski definition) is 4. The molecule has 150 valence electrons. The molecule has 1 unspecified atom stereocenters. The first-order valence-electron chi connectivity index (χ1n) is 9.11. The van der Waals surface area contributed by atoms with Crippen LogP contribution in [-0.4, -0.2) is 20.9 Å². The van der Waals surface area contributed by atoms with Crippen molar-refractivity contribution in [2.75, 3.05) is 5.73 Å². The molecule has 0 spiro atoms. The number of alkyl halides is 3. The number of nitrogens with zero attached hydrogens (tertiary/aromatic N) is 4. The highest BCUT2D eigenvalue weighted by molar-refractivity contribution is 5.87. The standard InChI is InChI=1S/C22H16F3N5/c1-13(22(23,24)25)30-21(27)17(12-26)20(29-30)16-8-7-15-9-10-18(28-19(15)11-16)14-5-3-2-4-6-14/h2-11,13H,27H2,1H3. The van der Waals surface area contributed by atoms with Gasteiger partial charge in [-0.25, -0.2) is 9.67 Å². The number of nitrogen functional groups attached to an aromatic ring is 1. The summed E-state index contributed by atoms with van der Waals surface area (Å²) in [4.78, 5) is 4.66. The van der Waals surface area contributed by atoms with Gasteiger partial charge >= 0.3 is 6.18 Å². The number of halogens is 3. The summed E-state index contributed by atoms with van der Waals surface area (Å²) in [6.45, 7) is 0.947. The van der Waals surface area contributed by atoms with Gasteiger partial charge in [0.05, 0.1) is 11.2 Å². The van der Waals surface area contributed by atoms with Crippen LogP contribution in [-0.2, 0) is 0 Å². The van der Waals surface area contributed by atoms with Crippen LogP contribution in [0.4, 0.5) is 19.0 Å². The normalized spacial score (nSPS) is 12.6. The van der Waals surface area contributed by atoms with Crippen molar-refractivity contribution in [3.05, 3.63) is 66.2 Å². The molecule has 8 heteroatoms. The molecule has 5 nitrogen and oxygen atoms in total. The van der Waals surface area contributed by atoms with Crippen molar-refractivity contribution >= 4 is 16.7 Å². The molecule has 0 aliphatic heterocycles. The van der Waals surface area contributed by atoms with E-state index in [1.165, 1.54) is 0 Å². The number of benzene rings is 2. The van der Waals surface area contributed by atoms with Gasteiger partial charge in [-0.15, -0.1) is 0 Å². The van der Waals surface area contributed by atoms with Crippen LogP contribution in [0.15, 0.2) is 60.7 Å². The third-order valence-corrected chi connectivity index (χ3v) is 4.93. The van der Waals surface area contributed by atoms with Crippen molar-refractivity contribution in [3.63, 3.8) is 0 Å². The summed E-state index contributed by atoms with van der Waals surface area (Å²) >= 11 is 0. The fourth-order valence-corrected chi connectivity index (χ4v) is 3.23. The van der Waals surface area contributed by atoms with Crippen molar-refractivity contribution in [3.8, 4) is 28.6 Å². The van der Waals surface area contributed by atoms with E-state index in [0.29, 0.717) is 15.8 Å². The molecule has 0 aliphatic carbocycles. The van der Waals surface area contributed by atoms with Crippen molar-refractivity contribution < 1.29 is 13.2 Å². The van der Waals surface area contributed by atoms with Gasteiger partial charge in [-0.1, -0.05) is 48.5 Å². The Morgan fingerprint density at radius 2 is 1.73 bits per heavy atom. The highest BCUT2D eigenvalue weighted by atomic mass is 19.4. The van der Waals surface area contributed by atoms with Gasteiger partial charge in [0, 0.05) is 16.5 Å². The highest BCUT2D eigenvalue weighted by Gasteiger charge is 2.40. The predicted molar refractivity (Wildman–Crippen MR) is 108 cm³/mol. The summed E-state index contributed by atoms with van der Waals surface area (Å²) in [6, 6.07) is 18.5. The zero-order valence-corrected chi connectivity index (χ0v) is 15.9. The number of pyridine rings is 1. The van der Waals surface area contributed by atoms with E-state index in [2.05, 4.69) is 10.1 Å². The van der Waals surface area contributed by atoms with Crippen LogP contribution in [0.5, 0.6) is 0 Å². The molecule has 0 radical (unpaired) electrons. The first kappa shape index (κ1) is 19.5. The van der Waals surface area contributed by atoms with E-state index in [1.807, 2.05) is 48.5 Å². The van der Waals surface area contributed by atoms with Gasteiger partial charge in [0.15, 0.2) is 0 Å². The molecule has 2 aromatic heterocycles. The molecule has 0 amide bonds. The van der Waals surface area contributed by atoms with Gasteiger partial charge in [-0.3, -0.25) is 0 Å². The number of anilines is 1. The second kappa shape index (κ2) is 7.19. The lowest BCUT2D eigenvalue weighted by Gasteiger charge is -2.17. The number of rotatable bonds is 3. The molecule has 2 N–H and O–H groups in total. The molecule has 0 bridgehead atoms. The lowest BCUT2D eigenvalue weighted by atomic mass is 10.0. The molecule has 1 atom stereocenters. The molecule has 4 aromatic rings. The zero-order valence-electron chi connectivity index (χ0n) is 15.9.